The predicted octanol–water partition coefficient (Wildman–Crippen LogP) is 0.920. The van der Waals surface area contributed by atoms with Gasteiger partial charge in [0.1, 0.15) is 11.4 Å². The van der Waals surface area contributed by atoms with Crippen molar-refractivity contribution < 1.29 is 24.5 Å². The van der Waals surface area contributed by atoms with Crippen LogP contribution in [0.2, 0.25) is 0 Å². The Morgan fingerprint density at radius 1 is 1.29 bits per heavy atom. The van der Waals surface area contributed by atoms with Gasteiger partial charge in [0.15, 0.2) is 0 Å². The second-order valence-electron chi connectivity index (χ2n) is 5.80. The third-order valence-corrected chi connectivity index (χ3v) is 2.79. The van der Waals surface area contributed by atoms with Gasteiger partial charge in [0, 0.05) is 7.05 Å². The van der Waals surface area contributed by atoms with E-state index in [1.54, 1.807) is 32.9 Å². The van der Waals surface area contributed by atoms with Crippen LogP contribution in [0.25, 0.3) is 0 Å². The molecule has 0 radical (unpaired) electrons. The summed E-state index contributed by atoms with van der Waals surface area (Å²) in [5, 5.41) is 20.5. The zero-order valence-corrected chi connectivity index (χ0v) is 12.6. The van der Waals surface area contributed by atoms with Crippen LogP contribution in [0.4, 0.5) is 4.79 Å². The van der Waals surface area contributed by atoms with Gasteiger partial charge in [0.2, 0.25) is 0 Å². The fourth-order valence-electron chi connectivity index (χ4n) is 1.69. The molecule has 6 nitrogen and oxygen atoms in total. The number of hydrogen-bond donors (Lipinski definition) is 1. The van der Waals surface area contributed by atoms with Gasteiger partial charge in [-0.15, -0.1) is 0 Å². The Balaban J connectivity index is 2.83. The standard InChI is InChI=1S/C15H21NO5/c1-15(2,3)21-14(20)16(4)12(13(18)19)9-10-5-7-11(17)8-6-10/h5-8,12,17H,9H2,1-4H3,(H,18,19)/p-1/t12-/m0/s1. The van der Waals surface area contributed by atoms with Gasteiger partial charge in [-0.3, -0.25) is 0 Å². The van der Waals surface area contributed by atoms with Crippen LogP contribution in [0.15, 0.2) is 24.3 Å². The van der Waals surface area contributed by atoms with E-state index in [2.05, 4.69) is 0 Å². The number of hydrogen-bond acceptors (Lipinski definition) is 5. The number of carboxylic acids is 1. The van der Waals surface area contributed by atoms with Crippen LogP contribution in [0.5, 0.6) is 5.75 Å². The molecular formula is C15H20NO5-. The van der Waals surface area contributed by atoms with Crippen molar-refractivity contribution in [3.8, 4) is 5.75 Å². The third-order valence-electron chi connectivity index (χ3n) is 2.79. The molecule has 116 valence electrons. The first-order valence-corrected chi connectivity index (χ1v) is 6.55. The lowest BCUT2D eigenvalue weighted by molar-refractivity contribution is -0.310. The second kappa shape index (κ2) is 6.47. The largest absolute Gasteiger partial charge is 0.548 e. The highest BCUT2D eigenvalue weighted by molar-refractivity contribution is 5.79. The molecule has 0 aliphatic heterocycles. The molecule has 0 unspecified atom stereocenters. The molecule has 0 saturated heterocycles. The first-order chi connectivity index (χ1) is 9.60. The molecule has 1 aromatic rings. The summed E-state index contributed by atoms with van der Waals surface area (Å²) in [6.45, 7) is 5.10. The highest BCUT2D eigenvalue weighted by Gasteiger charge is 2.26. The number of rotatable bonds is 4. The van der Waals surface area contributed by atoms with Gasteiger partial charge < -0.3 is 24.6 Å². The number of carbonyl (C=O) groups is 2. The van der Waals surface area contributed by atoms with Crippen molar-refractivity contribution in [2.24, 2.45) is 0 Å². The van der Waals surface area contributed by atoms with Crippen molar-refractivity contribution in [2.45, 2.75) is 38.8 Å². The number of nitrogens with zero attached hydrogens (tertiary/aromatic N) is 1. The maximum atomic E-state index is 11.9. The quantitative estimate of drug-likeness (QED) is 0.891. The molecule has 0 saturated carbocycles. The fraction of sp³-hybridized carbons (Fsp3) is 0.467. The Morgan fingerprint density at radius 2 is 1.81 bits per heavy atom. The lowest BCUT2D eigenvalue weighted by Crippen LogP contribution is -2.51. The van der Waals surface area contributed by atoms with Gasteiger partial charge in [-0.2, -0.15) is 0 Å². The van der Waals surface area contributed by atoms with Crippen molar-refractivity contribution in [1.82, 2.24) is 4.90 Å². The summed E-state index contributed by atoms with van der Waals surface area (Å²) in [5.41, 5.74) is -0.0437. The van der Waals surface area contributed by atoms with E-state index in [4.69, 9.17) is 4.74 Å². The molecule has 1 N–H and O–H groups in total. The number of aliphatic carboxylic acids is 1. The average Bonchev–Trinajstić information content (AvgIpc) is 2.34. The fourth-order valence-corrected chi connectivity index (χ4v) is 1.69. The van der Waals surface area contributed by atoms with Crippen LogP contribution in [0, 0.1) is 0 Å². The molecular weight excluding hydrogens is 274 g/mol. The van der Waals surface area contributed by atoms with Gasteiger partial charge in [0.05, 0.1) is 12.0 Å². The zero-order valence-electron chi connectivity index (χ0n) is 12.6. The SMILES string of the molecule is CN(C(=O)OC(C)(C)C)[C@@H](Cc1ccc(O)cc1)C(=O)[O-]. The van der Waals surface area contributed by atoms with E-state index in [1.165, 1.54) is 19.2 Å². The number of amides is 1. The number of benzene rings is 1. The van der Waals surface area contributed by atoms with Gasteiger partial charge >= 0.3 is 6.09 Å². The number of carbonyl (C=O) groups excluding carboxylic acids is 2. The van der Waals surface area contributed by atoms with E-state index in [-0.39, 0.29) is 12.2 Å². The normalized spacial score (nSPS) is 12.6. The van der Waals surface area contributed by atoms with Gasteiger partial charge in [-0.1, -0.05) is 12.1 Å². The predicted molar refractivity (Wildman–Crippen MR) is 74.6 cm³/mol. The molecule has 0 aliphatic carbocycles. The topological polar surface area (TPSA) is 89.9 Å². The minimum atomic E-state index is -1.36. The maximum Gasteiger partial charge on any atom is 0.410 e. The first-order valence-electron chi connectivity index (χ1n) is 6.55. The Hall–Kier alpha value is -2.24. The Kier molecular flexibility index (Phi) is 5.18. The number of ether oxygens (including phenoxy) is 1. The number of aromatic hydroxyl groups is 1. The average molecular weight is 294 g/mol. The van der Waals surface area contributed by atoms with Crippen molar-refractivity contribution in [3.05, 3.63) is 29.8 Å². The van der Waals surface area contributed by atoms with Crippen LogP contribution in [0.1, 0.15) is 26.3 Å². The molecule has 0 aliphatic rings. The molecule has 0 bridgehead atoms. The van der Waals surface area contributed by atoms with E-state index < -0.39 is 23.7 Å². The van der Waals surface area contributed by atoms with Crippen LogP contribution < -0.4 is 5.11 Å². The lowest BCUT2D eigenvalue weighted by atomic mass is 10.1. The molecule has 1 rings (SSSR count). The Bertz CT molecular complexity index is 504. The Morgan fingerprint density at radius 3 is 2.24 bits per heavy atom. The minimum absolute atomic E-state index is 0.0678. The number of likely N-dealkylation sites (N-methyl/N-ethyl adjacent to an activating group) is 1. The molecule has 0 spiro atoms. The van der Waals surface area contributed by atoms with E-state index >= 15 is 0 Å². The molecule has 1 amide bonds. The summed E-state index contributed by atoms with van der Waals surface area (Å²) in [7, 11) is 1.36. The number of carboxylic acid groups (broad SMARTS) is 1. The summed E-state index contributed by atoms with van der Waals surface area (Å²) in [6.07, 6.45) is -0.659. The summed E-state index contributed by atoms with van der Waals surface area (Å²) in [6, 6.07) is 4.94. The smallest absolute Gasteiger partial charge is 0.410 e. The van der Waals surface area contributed by atoms with Crippen molar-refractivity contribution >= 4 is 12.1 Å². The highest BCUT2D eigenvalue weighted by atomic mass is 16.6. The maximum absolute atomic E-state index is 11.9. The molecule has 21 heavy (non-hydrogen) atoms. The summed E-state index contributed by atoms with van der Waals surface area (Å²) >= 11 is 0. The third kappa shape index (κ3) is 5.33. The monoisotopic (exact) mass is 294 g/mol. The number of phenolic OH excluding ortho intramolecular Hbond substituents is 1. The van der Waals surface area contributed by atoms with Crippen LogP contribution in [-0.4, -0.2) is 40.8 Å². The van der Waals surface area contributed by atoms with E-state index in [0.29, 0.717) is 5.56 Å². The molecule has 1 aromatic carbocycles. The second-order valence-corrected chi connectivity index (χ2v) is 5.80. The van der Waals surface area contributed by atoms with Crippen molar-refractivity contribution in [3.63, 3.8) is 0 Å². The Labute approximate surface area is 124 Å². The van der Waals surface area contributed by atoms with Crippen LogP contribution >= 0.6 is 0 Å². The molecule has 0 heterocycles. The molecule has 0 fully saturated rings. The van der Waals surface area contributed by atoms with Gasteiger partial charge in [-0.25, -0.2) is 4.79 Å². The number of phenols is 1. The summed E-state index contributed by atoms with van der Waals surface area (Å²) < 4.78 is 5.14. The molecule has 1 atom stereocenters. The van der Waals surface area contributed by atoms with Gasteiger partial charge in [0.25, 0.3) is 0 Å². The van der Waals surface area contributed by atoms with Crippen molar-refractivity contribution in [2.75, 3.05) is 7.05 Å². The zero-order chi connectivity index (χ0) is 16.2. The summed E-state index contributed by atoms with van der Waals surface area (Å²) in [5.74, 6) is -1.28. The first kappa shape index (κ1) is 16.8. The van der Waals surface area contributed by atoms with Crippen LogP contribution in [0.3, 0.4) is 0 Å². The van der Waals surface area contributed by atoms with Crippen molar-refractivity contribution in [1.29, 1.82) is 0 Å². The summed E-state index contributed by atoms with van der Waals surface area (Å²) in [4.78, 5) is 24.2. The lowest BCUT2D eigenvalue weighted by Gasteiger charge is -2.31. The van der Waals surface area contributed by atoms with Gasteiger partial charge in [-0.05, 0) is 44.9 Å². The van der Waals surface area contributed by atoms with E-state index in [1.807, 2.05) is 0 Å². The molecule has 0 aromatic heterocycles. The van der Waals surface area contributed by atoms with E-state index in [9.17, 15) is 19.8 Å². The highest BCUT2D eigenvalue weighted by Crippen LogP contribution is 2.15. The minimum Gasteiger partial charge on any atom is -0.548 e. The molecule has 6 heteroatoms. The van der Waals surface area contributed by atoms with Crippen LogP contribution in [-0.2, 0) is 16.0 Å². The van der Waals surface area contributed by atoms with E-state index in [0.717, 1.165) is 4.90 Å².